The van der Waals surface area contributed by atoms with Crippen LogP contribution in [0.5, 0.6) is 0 Å². The van der Waals surface area contributed by atoms with Gasteiger partial charge in [-0.05, 0) is 67.5 Å². The summed E-state index contributed by atoms with van der Waals surface area (Å²) < 4.78 is 1.93. The summed E-state index contributed by atoms with van der Waals surface area (Å²) >= 11 is 5.63. The first-order chi connectivity index (χ1) is 9.47. The molecule has 0 saturated carbocycles. The van der Waals surface area contributed by atoms with E-state index in [1.807, 2.05) is 18.2 Å². The van der Waals surface area contributed by atoms with Gasteiger partial charge in [-0.15, -0.1) is 0 Å². The van der Waals surface area contributed by atoms with Crippen LogP contribution in [0, 0.1) is 3.57 Å². The van der Waals surface area contributed by atoms with E-state index in [4.69, 9.17) is 0 Å². The Morgan fingerprint density at radius 1 is 1.40 bits per heavy atom. The molecule has 0 spiro atoms. The molecule has 0 aliphatic carbocycles. The number of nitrogens with zero attached hydrogens (tertiary/aromatic N) is 1. The number of piperidine rings is 1. The van der Waals surface area contributed by atoms with Gasteiger partial charge >= 0.3 is 0 Å². The van der Waals surface area contributed by atoms with Crippen LogP contribution < -0.4 is 5.32 Å². The first-order valence-corrected chi connectivity index (χ1v) is 8.84. The molecule has 0 bridgehead atoms. The molecule has 5 heteroatoms. The zero-order chi connectivity index (χ0) is 14.7. The maximum atomic E-state index is 12.4. The van der Waals surface area contributed by atoms with Gasteiger partial charge in [0, 0.05) is 33.2 Å². The molecule has 2 rings (SSSR count). The smallest absolute Gasteiger partial charge is 0.252 e. The van der Waals surface area contributed by atoms with Crippen molar-refractivity contribution in [3.05, 3.63) is 31.8 Å². The van der Waals surface area contributed by atoms with Crippen molar-refractivity contribution in [3.8, 4) is 0 Å². The van der Waals surface area contributed by atoms with E-state index in [1.54, 1.807) is 0 Å². The molecule has 0 radical (unpaired) electrons. The predicted octanol–water partition coefficient (Wildman–Crippen LogP) is 3.66. The van der Waals surface area contributed by atoms with Gasteiger partial charge < -0.3 is 10.2 Å². The van der Waals surface area contributed by atoms with Gasteiger partial charge in [0.15, 0.2) is 0 Å². The lowest BCUT2D eigenvalue weighted by molar-refractivity contribution is 0.0899. The van der Waals surface area contributed by atoms with E-state index >= 15 is 0 Å². The van der Waals surface area contributed by atoms with Gasteiger partial charge in [-0.2, -0.15) is 0 Å². The molecule has 0 atom stereocenters. The highest BCUT2D eigenvalue weighted by atomic mass is 127. The number of rotatable bonds is 3. The Morgan fingerprint density at radius 2 is 2.05 bits per heavy atom. The Kier molecular flexibility index (Phi) is 5.86. The number of likely N-dealkylation sites (tertiary alicyclic amines) is 1. The predicted molar refractivity (Wildman–Crippen MR) is 94.1 cm³/mol. The second kappa shape index (κ2) is 7.22. The quantitative estimate of drug-likeness (QED) is 0.712. The van der Waals surface area contributed by atoms with Crippen LogP contribution in [0.25, 0.3) is 0 Å². The Hall–Kier alpha value is -0.140. The SMILES string of the molecule is CC(C)N1CCC(NC(=O)c2cc(Br)ccc2I)CC1. The second-order valence-corrected chi connectivity index (χ2v) is 7.58. The molecular weight excluding hydrogens is 431 g/mol. The summed E-state index contributed by atoms with van der Waals surface area (Å²) in [5, 5.41) is 3.17. The van der Waals surface area contributed by atoms with Crippen molar-refractivity contribution in [2.24, 2.45) is 0 Å². The first kappa shape index (κ1) is 16.2. The van der Waals surface area contributed by atoms with Gasteiger partial charge in [0.1, 0.15) is 0 Å². The largest absolute Gasteiger partial charge is 0.349 e. The molecule has 1 fully saturated rings. The van der Waals surface area contributed by atoms with Gasteiger partial charge in [-0.3, -0.25) is 4.79 Å². The van der Waals surface area contributed by atoms with Gasteiger partial charge in [0.25, 0.3) is 5.91 Å². The zero-order valence-corrected chi connectivity index (χ0v) is 15.6. The average Bonchev–Trinajstić information content (AvgIpc) is 2.42. The van der Waals surface area contributed by atoms with Crippen LogP contribution in [0.3, 0.4) is 0 Å². The van der Waals surface area contributed by atoms with Crippen molar-refractivity contribution in [2.45, 2.75) is 38.8 Å². The molecule has 0 unspecified atom stereocenters. The Labute approximate surface area is 142 Å². The molecule has 1 amide bonds. The molecule has 1 saturated heterocycles. The fraction of sp³-hybridized carbons (Fsp3) is 0.533. The van der Waals surface area contributed by atoms with Crippen LogP contribution in [0.2, 0.25) is 0 Å². The number of carbonyl (C=O) groups excluding carboxylic acids is 1. The molecule has 1 aromatic rings. The zero-order valence-electron chi connectivity index (χ0n) is 11.8. The highest BCUT2D eigenvalue weighted by Gasteiger charge is 2.23. The van der Waals surface area contributed by atoms with E-state index in [0.717, 1.165) is 39.5 Å². The highest BCUT2D eigenvalue weighted by molar-refractivity contribution is 14.1. The topological polar surface area (TPSA) is 32.3 Å². The summed E-state index contributed by atoms with van der Waals surface area (Å²) in [5.41, 5.74) is 0.756. The molecule has 1 aliphatic heterocycles. The number of carbonyl (C=O) groups is 1. The van der Waals surface area contributed by atoms with Crippen LogP contribution in [0.4, 0.5) is 0 Å². The van der Waals surface area contributed by atoms with Crippen LogP contribution in [-0.2, 0) is 0 Å². The van der Waals surface area contributed by atoms with E-state index in [2.05, 4.69) is 62.6 Å². The third kappa shape index (κ3) is 4.18. The Balaban J connectivity index is 1.94. The first-order valence-electron chi connectivity index (χ1n) is 6.97. The molecule has 1 heterocycles. The van der Waals surface area contributed by atoms with E-state index in [9.17, 15) is 4.79 Å². The van der Waals surface area contributed by atoms with E-state index < -0.39 is 0 Å². The minimum Gasteiger partial charge on any atom is -0.349 e. The monoisotopic (exact) mass is 450 g/mol. The fourth-order valence-electron chi connectivity index (χ4n) is 2.49. The number of hydrogen-bond acceptors (Lipinski definition) is 2. The molecule has 0 aromatic heterocycles. The number of halogens is 2. The molecule has 3 nitrogen and oxygen atoms in total. The number of hydrogen-bond donors (Lipinski definition) is 1. The summed E-state index contributed by atoms with van der Waals surface area (Å²) in [5.74, 6) is 0.0405. The van der Waals surface area contributed by atoms with Crippen LogP contribution in [0.1, 0.15) is 37.0 Å². The number of amides is 1. The van der Waals surface area contributed by atoms with Crippen LogP contribution >= 0.6 is 38.5 Å². The maximum Gasteiger partial charge on any atom is 0.252 e. The summed E-state index contributed by atoms with van der Waals surface area (Å²) in [6.45, 7) is 6.59. The Bertz CT molecular complexity index is 485. The Morgan fingerprint density at radius 3 is 2.65 bits per heavy atom. The summed E-state index contributed by atoms with van der Waals surface area (Å²) in [6, 6.07) is 6.70. The lowest BCUT2D eigenvalue weighted by Crippen LogP contribution is -2.46. The maximum absolute atomic E-state index is 12.4. The third-order valence-electron chi connectivity index (χ3n) is 3.77. The minimum atomic E-state index is 0.0405. The van der Waals surface area contributed by atoms with E-state index in [-0.39, 0.29) is 5.91 Å². The van der Waals surface area contributed by atoms with Gasteiger partial charge in [0.05, 0.1) is 5.56 Å². The molecular formula is C15H20BrIN2O. The van der Waals surface area contributed by atoms with Crippen molar-refractivity contribution >= 4 is 44.4 Å². The lowest BCUT2D eigenvalue weighted by atomic mass is 10.0. The average molecular weight is 451 g/mol. The lowest BCUT2D eigenvalue weighted by Gasteiger charge is -2.34. The number of benzene rings is 1. The molecule has 20 heavy (non-hydrogen) atoms. The number of nitrogens with one attached hydrogen (secondary N) is 1. The summed E-state index contributed by atoms with van der Waals surface area (Å²) in [4.78, 5) is 14.8. The van der Waals surface area contributed by atoms with Crippen molar-refractivity contribution in [3.63, 3.8) is 0 Å². The van der Waals surface area contributed by atoms with Crippen LogP contribution in [0.15, 0.2) is 22.7 Å². The summed E-state index contributed by atoms with van der Waals surface area (Å²) in [6.07, 6.45) is 2.07. The standard InChI is InChI=1S/C15H20BrIN2O/c1-10(2)19-7-5-12(6-8-19)18-15(20)13-9-11(16)3-4-14(13)17/h3-4,9-10,12H,5-8H2,1-2H3,(H,18,20). The van der Waals surface area contributed by atoms with Crippen LogP contribution in [-0.4, -0.2) is 36.0 Å². The third-order valence-corrected chi connectivity index (χ3v) is 5.20. The molecule has 110 valence electrons. The molecule has 1 aliphatic rings. The molecule has 1 N–H and O–H groups in total. The van der Waals surface area contributed by atoms with E-state index in [1.165, 1.54) is 0 Å². The van der Waals surface area contributed by atoms with Crippen molar-refractivity contribution in [1.29, 1.82) is 0 Å². The second-order valence-electron chi connectivity index (χ2n) is 5.50. The fourth-order valence-corrected chi connectivity index (χ4v) is 3.44. The summed E-state index contributed by atoms with van der Waals surface area (Å²) in [7, 11) is 0. The highest BCUT2D eigenvalue weighted by Crippen LogP contribution is 2.19. The normalized spacial score (nSPS) is 17.4. The van der Waals surface area contributed by atoms with Gasteiger partial charge in [-0.25, -0.2) is 0 Å². The van der Waals surface area contributed by atoms with Gasteiger partial charge in [-0.1, -0.05) is 15.9 Å². The minimum absolute atomic E-state index is 0.0405. The van der Waals surface area contributed by atoms with Crippen molar-refractivity contribution in [2.75, 3.05) is 13.1 Å². The van der Waals surface area contributed by atoms with Crippen molar-refractivity contribution < 1.29 is 4.79 Å². The van der Waals surface area contributed by atoms with Gasteiger partial charge in [0.2, 0.25) is 0 Å². The molecule has 1 aromatic carbocycles. The van der Waals surface area contributed by atoms with E-state index in [0.29, 0.717) is 12.1 Å². The van der Waals surface area contributed by atoms with Crippen molar-refractivity contribution in [1.82, 2.24) is 10.2 Å².